The molecule has 0 atom stereocenters. The molecule has 1 saturated heterocycles. The molecule has 0 spiro atoms. The summed E-state index contributed by atoms with van der Waals surface area (Å²) in [6.45, 7) is 7.70. The van der Waals surface area contributed by atoms with E-state index in [1.165, 1.54) is 43.6 Å². The zero-order valence-electron chi connectivity index (χ0n) is 13.6. The molecule has 1 aromatic carbocycles. The number of carbonyl (C=O) groups excluding carboxylic acids is 1. The van der Waals surface area contributed by atoms with Crippen molar-refractivity contribution in [1.29, 1.82) is 0 Å². The maximum atomic E-state index is 11.6. The maximum Gasteiger partial charge on any atom is 0.234 e. The average molecular weight is 301 g/mol. The molecule has 0 bridgehead atoms. The quantitative estimate of drug-likeness (QED) is 0.902. The molecular weight excluding hydrogens is 274 g/mol. The number of carbonyl (C=O) groups is 1. The summed E-state index contributed by atoms with van der Waals surface area (Å²) in [6.07, 6.45) is 3.60. The van der Waals surface area contributed by atoms with Crippen molar-refractivity contribution in [2.45, 2.75) is 26.2 Å². The van der Waals surface area contributed by atoms with Gasteiger partial charge in [-0.15, -0.1) is 0 Å². The maximum absolute atomic E-state index is 11.6. The Labute approximate surface area is 133 Å². The Morgan fingerprint density at radius 2 is 2.00 bits per heavy atom. The molecular formula is C18H27N3O. The van der Waals surface area contributed by atoms with Gasteiger partial charge < -0.3 is 10.2 Å². The standard InChI is InChI=1S/C18H27N3O/c1-2-19-18(22)14-20-10-7-15(8-11-20)13-21-12-9-16-5-3-4-6-17(16)21/h3-6,15H,2,7-14H2,1H3,(H,19,22). The highest BCUT2D eigenvalue weighted by Gasteiger charge is 2.25. The van der Waals surface area contributed by atoms with Gasteiger partial charge in [0.15, 0.2) is 0 Å². The van der Waals surface area contributed by atoms with E-state index in [9.17, 15) is 4.79 Å². The van der Waals surface area contributed by atoms with Gasteiger partial charge in [-0.3, -0.25) is 9.69 Å². The van der Waals surface area contributed by atoms with Gasteiger partial charge >= 0.3 is 0 Å². The van der Waals surface area contributed by atoms with Crippen molar-refractivity contribution in [3.05, 3.63) is 29.8 Å². The fourth-order valence-electron chi connectivity index (χ4n) is 3.69. The predicted molar refractivity (Wildman–Crippen MR) is 90.2 cm³/mol. The molecule has 0 unspecified atom stereocenters. The second kappa shape index (κ2) is 7.14. The van der Waals surface area contributed by atoms with Crippen LogP contribution in [0.4, 0.5) is 5.69 Å². The minimum atomic E-state index is 0.162. The first-order valence-electron chi connectivity index (χ1n) is 8.58. The third kappa shape index (κ3) is 3.61. The number of nitrogens with zero attached hydrogens (tertiary/aromatic N) is 2. The van der Waals surface area contributed by atoms with Crippen LogP contribution < -0.4 is 10.2 Å². The largest absolute Gasteiger partial charge is 0.371 e. The Morgan fingerprint density at radius 3 is 2.77 bits per heavy atom. The van der Waals surface area contributed by atoms with Crippen molar-refractivity contribution in [2.75, 3.05) is 44.2 Å². The molecule has 2 aliphatic heterocycles. The van der Waals surface area contributed by atoms with Crippen LogP contribution in [0.1, 0.15) is 25.3 Å². The number of rotatable bonds is 5. The van der Waals surface area contributed by atoms with Gasteiger partial charge in [0.25, 0.3) is 0 Å². The number of hydrogen-bond acceptors (Lipinski definition) is 3. The fraction of sp³-hybridized carbons (Fsp3) is 0.611. The smallest absolute Gasteiger partial charge is 0.234 e. The van der Waals surface area contributed by atoms with Gasteiger partial charge in [-0.05, 0) is 56.8 Å². The number of likely N-dealkylation sites (N-methyl/N-ethyl adjacent to an activating group) is 1. The second-order valence-electron chi connectivity index (χ2n) is 6.50. The Hall–Kier alpha value is -1.55. The number of benzene rings is 1. The van der Waals surface area contributed by atoms with Crippen LogP contribution in [0.2, 0.25) is 0 Å². The molecule has 22 heavy (non-hydrogen) atoms. The second-order valence-corrected chi connectivity index (χ2v) is 6.50. The van der Waals surface area contributed by atoms with E-state index in [0.29, 0.717) is 6.54 Å². The predicted octanol–water partition coefficient (Wildman–Crippen LogP) is 1.90. The lowest BCUT2D eigenvalue weighted by Crippen LogP contribution is -2.43. The van der Waals surface area contributed by atoms with Crippen molar-refractivity contribution < 1.29 is 4.79 Å². The highest BCUT2D eigenvalue weighted by molar-refractivity contribution is 5.77. The first kappa shape index (κ1) is 15.3. The molecule has 3 rings (SSSR count). The molecule has 0 aromatic heterocycles. The molecule has 1 fully saturated rings. The van der Waals surface area contributed by atoms with E-state index in [1.54, 1.807) is 0 Å². The zero-order chi connectivity index (χ0) is 15.4. The highest BCUT2D eigenvalue weighted by Crippen LogP contribution is 2.29. The van der Waals surface area contributed by atoms with E-state index < -0.39 is 0 Å². The first-order chi connectivity index (χ1) is 10.8. The molecule has 1 aromatic rings. The van der Waals surface area contributed by atoms with E-state index in [4.69, 9.17) is 0 Å². The lowest BCUT2D eigenvalue weighted by atomic mass is 9.96. The van der Waals surface area contributed by atoms with E-state index >= 15 is 0 Å². The summed E-state index contributed by atoms with van der Waals surface area (Å²) < 4.78 is 0. The lowest BCUT2D eigenvalue weighted by molar-refractivity contribution is -0.122. The van der Waals surface area contributed by atoms with Crippen LogP contribution in [0.15, 0.2) is 24.3 Å². The Bertz CT molecular complexity index is 509. The topological polar surface area (TPSA) is 35.6 Å². The van der Waals surface area contributed by atoms with Crippen LogP contribution >= 0.6 is 0 Å². The summed E-state index contributed by atoms with van der Waals surface area (Å²) in [6, 6.07) is 8.80. The molecule has 4 nitrogen and oxygen atoms in total. The Balaban J connectivity index is 1.46. The SMILES string of the molecule is CCNC(=O)CN1CCC(CN2CCc3ccccc32)CC1. The third-order valence-corrected chi connectivity index (χ3v) is 4.91. The summed E-state index contributed by atoms with van der Waals surface area (Å²) in [7, 11) is 0. The number of anilines is 1. The summed E-state index contributed by atoms with van der Waals surface area (Å²) in [4.78, 5) is 16.5. The van der Waals surface area contributed by atoms with E-state index in [-0.39, 0.29) is 5.91 Å². The fourth-order valence-corrected chi connectivity index (χ4v) is 3.69. The van der Waals surface area contributed by atoms with Gasteiger partial charge in [-0.25, -0.2) is 0 Å². The molecule has 2 aliphatic rings. The number of piperidine rings is 1. The summed E-state index contributed by atoms with van der Waals surface area (Å²) in [5.74, 6) is 0.922. The lowest BCUT2D eigenvalue weighted by Gasteiger charge is -2.34. The summed E-state index contributed by atoms with van der Waals surface area (Å²) in [5, 5.41) is 2.88. The van der Waals surface area contributed by atoms with Gasteiger partial charge in [0, 0.05) is 25.3 Å². The van der Waals surface area contributed by atoms with Gasteiger partial charge in [-0.1, -0.05) is 18.2 Å². The van der Waals surface area contributed by atoms with Gasteiger partial charge in [0.1, 0.15) is 0 Å². The normalized spacial score (nSPS) is 19.2. The number of nitrogens with one attached hydrogen (secondary N) is 1. The van der Waals surface area contributed by atoms with E-state index in [0.717, 1.165) is 25.6 Å². The van der Waals surface area contributed by atoms with E-state index in [1.807, 2.05) is 6.92 Å². The van der Waals surface area contributed by atoms with Crippen molar-refractivity contribution in [3.8, 4) is 0 Å². The number of fused-ring (bicyclic) bond motifs is 1. The molecule has 1 N–H and O–H groups in total. The zero-order valence-corrected chi connectivity index (χ0v) is 13.6. The number of hydrogen-bond donors (Lipinski definition) is 1. The van der Waals surface area contributed by atoms with Crippen LogP contribution in [0.3, 0.4) is 0 Å². The molecule has 0 radical (unpaired) electrons. The van der Waals surface area contributed by atoms with Crippen molar-refractivity contribution in [3.63, 3.8) is 0 Å². The molecule has 1 amide bonds. The molecule has 120 valence electrons. The van der Waals surface area contributed by atoms with Crippen LogP contribution in [0, 0.1) is 5.92 Å². The average Bonchev–Trinajstić information content (AvgIpc) is 2.93. The number of amides is 1. The molecule has 4 heteroatoms. The molecule has 2 heterocycles. The van der Waals surface area contributed by atoms with Crippen LogP contribution in [0.5, 0.6) is 0 Å². The van der Waals surface area contributed by atoms with Gasteiger partial charge in [0.05, 0.1) is 6.54 Å². The van der Waals surface area contributed by atoms with Crippen molar-refractivity contribution >= 4 is 11.6 Å². The minimum Gasteiger partial charge on any atom is -0.371 e. The highest BCUT2D eigenvalue weighted by atomic mass is 16.2. The number of para-hydroxylation sites is 1. The monoisotopic (exact) mass is 301 g/mol. The van der Waals surface area contributed by atoms with E-state index in [2.05, 4.69) is 39.4 Å². The van der Waals surface area contributed by atoms with Crippen LogP contribution in [0.25, 0.3) is 0 Å². The number of likely N-dealkylation sites (tertiary alicyclic amines) is 1. The van der Waals surface area contributed by atoms with Crippen molar-refractivity contribution in [1.82, 2.24) is 10.2 Å². The van der Waals surface area contributed by atoms with Crippen LogP contribution in [-0.2, 0) is 11.2 Å². The Kier molecular flexibility index (Phi) is 4.98. The third-order valence-electron chi connectivity index (χ3n) is 4.91. The summed E-state index contributed by atoms with van der Waals surface area (Å²) in [5.41, 5.74) is 2.93. The van der Waals surface area contributed by atoms with Gasteiger partial charge in [-0.2, -0.15) is 0 Å². The van der Waals surface area contributed by atoms with Gasteiger partial charge in [0.2, 0.25) is 5.91 Å². The minimum absolute atomic E-state index is 0.162. The molecule has 0 aliphatic carbocycles. The molecule has 0 saturated carbocycles. The first-order valence-corrected chi connectivity index (χ1v) is 8.58. The Morgan fingerprint density at radius 1 is 1.23 bits per heavy atom. The van der Waals surface area contributed by atoms with Crippen molar-refractivity contribution in [2.24, 2.45) is 5.92 Å². The van der Waals surface area contributed by atoms with Crippen LogP contribution in [-0.4, -0.2) is 50.1 Å². The summed E-state index contributed by atoms with van der Waals surface area (Å²) >= 11 is 0.